The summed E-state index contributed by atoms with van der Waals surface area (Å²) >= 11 is 0. The summed E-state index contributed by atoms with van der Waals surface area (Å²) in [5.41, 5.74) is 2.28. The van der Waals surface area contributed by atoms with Gasteiger partial charge >= 0.3 is 0 Å². The lowest BCUT2D eigenvalue weighted by Gasteiger charge is -2.47. The molecule has 0 spiro atoms. The molecule has 1 saturated heterocycles. The van der Waals surface area contributed by atoms with E-state index in [1.807, 2.05) is 19.9 Å². The summed E-state index contributed by atoms with van der Waals surface area (Å²) < 4.78 is 29.8. The molecule has 3 rings (SSSR count). The van der Waals surface area contributed by atoms with Crippen molar-refractivity contribution in [3.63, 3.8) is 0 Å². The van der Waals surface area contributed by atoms with E-state index in [0.717, 1.165) is 44.3 Å². The molecular formula is C20H35Cl2N3O3S. The van der Waals surface area contributed by atoms with Crippen LogP contribution in [0.25, 0.3) is 0 Å². The lowest BCUT2D eigenvalue weighted by molar-refractivity contribution is 0.0679. The SMILES string of the molecule is CCCN1C[C@@H](NS(=O)(=O)N(CC)CC)C[C@@H]2Cc3c(O)cccc3C[C@H]21.Cl.Cl. The van der Waals surface area contributed by atoms with Gasteiger partial charge in [0.2, 0.25) is 0 Å². The Hall–Kier alpha value is -0.570. The van der Waals surface area contributed by atoms with Crippen LogP contribution in [-0.4, -0.2) is 61.0 Å². The number of rotatable bonds is 7. The fourth-order valence-corrected chi connectivity index (χ4v) is 6.26. The van der Waals surface area contributed by atoms with Crippen molar-refractivity contribution in [3.05, 3.63) is 29.3 Å². The summed E-state index contributed by atoms with van der Waals surface area (Å²) in [6, 6.07) is 6.13. The third-order valence-corrected chi connectivity index (χ3v) is 7.90. The van der Waals surface area contributed by atoms with Crippen LogP contribution >= 0.6 is 24.8 Å². The van der Waals surface area contributed by atoms with Gasteiger partial charge in [0.1, 0.15) is 5.75 Å². The Kier molecular flexibility index (Phi) is 10.2. The number of fused-ring (bicyclic) bond motifs is 2. The maximum absolute atomic E-state index is 12.7. The third kappa shape index (κ3) is 5.77. The van der Waals surface area contributed by atoms with E-state index in [4.69, 9.17) is 0 Å². The Morgan fingerprint density at radius 1 is 1.17 bits per heavy atom. The zero-order valence-electron chi connectivity index (χ0n) is 17.5. The average molecular weight is 468 g/mol. The second-order valence-corrected chi connectivity index (χ2v) is 9.49. The molecule has 0 bridgehead atoms. The van der Waals surface area contributed by atoms with Crippen LogP contribution in [0.15, 0.2) is 18.2 Å². The zero-order valence-corrected chi connectivity index (χ0v) is 20.0. The van der Waals surface area contributed by atoms with Crippen LogP contribution in [0.4, 0.5) is 0 Å². The van der Waals surface area contributed by atoms with Crippen molar-refractivity contribution in [1.82, 2.24) is 13.9 Å². The minimum atomic E-state index is -3.46. The van der Waals surface area contributed by atoms with Crippen LogP contribution in [-0.2, 0) is 23.1 Å². The number of aromatic hydroxyl groups is 1. The molecule has 2 N–H and O–H groups in total. The van der Waals surface area contributed by atoms with E-state index in [1.54, 1.807) is 6.07 Å². The van der Waals surface area contributed by atoms with E-state index < -0.39 is 10.2 Å². The van der Waals surface area contributed by atoms with Gasteiger partial charge in [0.05, 0.1) is 0 Å². The quantitative estimate of drug-likeness (QED) is 0.646. The number of hydrogen-bond acceptors (Lipinski definition) is 4. The highest BCUT2D eigenvalue weighted by molar-refractivity contribution is 7.87. The molecule has 0 saturated carbocycles. The number of nitrogens with one attached hydrogen (secondary N) is 1. The first kappa shape index (κ1) is 26.5. The van der Waals surface area contributed by atoms with Gasteiger partial charge in [-0.15, -0.1) is 24.8 Å². The van der Waals surface area contributed by atoms with Crippen molar-refractivity contribution in [3.8, 4) is 5.75 Å². The number of phenols is 1. The minimum Gasteiger partial charge on any atom is -0.508 e. The van der Waals surface area contributed by atoms with Crippen molar-refractivity contribution in [2.75, 3.05) is 26.2 Å². The van der Waals surface area contributed by atoms with E-state index in [9.17, 15) is 13.5 Å². The standard InChI is InChI=1S/C20H33N3O3S.2ClH/c1-4-10-22-14-17(21-27(25,26)23(5-2)6-3)11-16-12-18-15(13-19(16)22)8-7-9-20(18)24;;/h7-9,16-17,19,21,24H,4-6,10-14H2,1-3H3;2*1H/t16-,17+,19-;;/m1../s1. The molecule has 168 valence electrons. The molecule has 0 aromatic heterocycles. The fourth-order valence-electron chi connectivity index (χ4n) is 4.84. The molecule has 1 aromatic rings. The van der Waals surface area contributed by atoms with Gasteiger partial charge in [0.25, 0.3) is 10.2 Å². The van der Waals surface area contributed by atoms with Gasteiger partial charge in [-0.1, -0.05) is 32.9 Å². The highest BCUT2D eigenvalue weighted by Gasteiger charge is 2.40. The number of piperidine rings is 1. The molecule has 6 nitrogen and oxygen atoms in total. The maximum atomic E-state index is 12.7. The summed E-state index contributed by atoms with van der Waals surface area (Å²) in [6.45, 7) is 8.58. The van der Waals surface area contributed by atoms with Crippen LogP contribution < -0.4 is 4.72 Å². The van der Waals surface area contributed by atoms with Crippen LogP contribution in [0.1, 0.15) is 44.7 Å². The molecule has 0 unspecified atom stereocenters. The van der Waals surface area contributed by atoms with Crippen molar-refractivity contribution in [1.29, 1.82) is 0 Å². The zero-order chi connectivity index (χ0) is 19.6. The molecule has 2 aliphatic rings. The van der Waals surface area contributed by atoms with Crippen molar-refractivity contribution in [2.24, 2.45) is 5.92 Å². The first-order chi connectivity index (χ1) is 12.9. The van der Waals surface area contributed by atoms with Gasteiger partial charge in [-0.05, 0) is 55.3 Å². The van der Waals surface area contributed by atoms with Crippen molar-refractivity contribution < 1.29 is 13.5 Å². The average Bonchev–Trinajstić information content (AvgIpc) is 2.62. The number of nitrogens with zero attached hydrogens (tertiary/aromatic N) is 2. The molecule has 29 heavy (non-hydrogen) atoms. The normalized spacial score (nSPS) is 24.2. The Morgan fingerprint density at radius 3 is 2.48 bits per heavy atom. The first-order valence-corrected chi connectivity index (χ1v) is 11.6. The Morgan fingerprint density at radius 2 is 1.86 bits per heavy atom. The number of halogens is 2. The van der Waals surface area contributed by atoms with E-state index in [2.05, 4.69) is 22.6 Å². The maximum Gasteiger partial charge on any atom is 0.279 e. The van der Waals surface area contributed by atoms with E-state index in [-0.39, 0.29) is 30.9 Å². The number of likely N-dealkylation sites (tertiary alicyclic amines) is 1. The van der Waals surface area contributed by atoms with Crippen molar-refractivity contribution >= 4 is 35.0 Å². The monoisotopic (exact) mass is 467 g/mol. The summed E-state index contributed by atoms with van der Waals surface area (Å²) in [7, 11) is -3.46. The molecular weight excluding hydrogens is 433 g/mol. The third-order valence-electron chi connectivity index (χ3n) is 6.07. The molecule has 1 fully saturated rings. The van der Waals surface area contributed by atoms with Crippen LogP contribution in [0.3, 0.4) is 0 Å². The number of benzene rings is 1. The van der Waals surface area contributed by atoms with Gasteiger partial charge in [-0.3, -0.25) is 4.90 Å². The van der Waals surface area contributed by atoms with E-state index in [0.29, 0.717) is 30.8 Å². The minimum absolute atomic E-state index is 0. The predicted octanol–water partition coefficient (Wildman–Crippen LogP) is 2.98. The Labute approximate surface area is 188 Å². The van der Waals surface area contributed by atoms with Crippen LogP contribution in [0, 0.1) is 5.92 Å². The fraction of sp³-hybridized carbons (Fsp3) is 0.700. The van der Waals surface area contributed by atoms with Crippen LogP contribution in [0.5, 0.6) is 5.75 Å². The van der Waals surface area contributed by atoms with E-state index in [1.165, 1.54) is 9.87 Å². The van der Waals surface area contributed by atoms with Crippen LogP contribution in [0.2, 0.25) is 0 Å². The van der Waals surface area contributed by atoms with Gasteiger partial charge < -0.3 is 5.11 Å². The number of phenolic OH excluding ortho intramolecular Hbond substituents is 1. The molecule has 3 atom stereocenters. The summed E-state index contributed by atoms with van der Waals surface area (Å²) in [5.74, 6) is 0.731. The molecule has 0 radical (unpaired) electrons. The highest BCUT2D eigenvalue weighted by atomic mass is 35.5. The van der Waals surface area contributed by atoms with Crippen molar-refractivity contribution in [2.45, 2.75) is 58.5 Å². The highest BCUT2D eigenvalue weighted by Crippen LogP contribution is 2.38. The van der Waals surface area contributed by atoms with Gasteiger partial charge in [0.15, 0.2) is 0 Å². The second kappa shape index (κ2) is 11.2. The second-order valence-electron chi connectivity index (χ2n) is 7.79. The number of hydrogen-bond donors (Lipinski definition) is 2. The molecule has 1 aliphatic heterocycles. The van der Waals surface area contributed by atoms with Gasteiger partial charge in [0, 0.05) is 31.7 Å². The smallest absolute Gasteiger partial charge is 0.279 e. The summed E-state index contributed by atoms with van der Waals surface area (Å²) in [6.07, 6.45) is 3.62. The molecule has 1 aliphatic carbocycles. The predicted molar refractivity (Wildman–Crippen MR) is 123 cm³/mol. The Balaban J connectivity index is 0.00000210. The lowest BCUT2D eigenvalue weighted by atomic mass is 9.74. The lowest BCUT2D eigenvalue weighted by Crippen LogP contribution is -2.59. The van der Waals surface area contributed by atoms with Gasteiger partial charge in [-0.25, -0.2) is 0 Å². The summed E-state index contributed by atoms with van der Waals surface area (Å²) in [4.78, 5) is 2.45. The molecule has 1 aromatic carbocycles. The van der Waals surface area contributed by atoms with Gasteiger partial charge in [-0.2, -0.15) is 17.4 Å². The topological polar surface area (TPSA) is 72.9 Å². The van der Waals surface area contributed by atoms with E-state index >= 15 is 0 Å². The Bertz CT molecular complexity index is 759. The summed E-state index contributed by atoms with van der Waals surface area (Å²) in [5, 5.41) is 10.3. The molecule has 1 heterocycles. The largest absolute Gasteiger partial charge is 0.508 e. The molecule has 9 heteroatoms. The first-order valence-electron chi connectivity index (χ1n) is 10.2. The molecule has 0 amide bonds.